The second kappa shape index (κ2) is 5.51. The topological polar surface area (TPSA) is 62.4 Å². The maximum Gasteiger partial charge on any atom is 0.333 e. The average Bonchev–Trinajstić information content (AvgIpc) is 2.98. The molecule has 1 unspecified atom stereocenters. The van der Waals surface area contributed by atoms with Gasteiger partial charge in [0.25, 0.3) is 0 Å². The fraction of sp³-hybridized carbons (Fsp3) is 0.143. The normalized spacial score (nSPS) is 20.4. The third-order valence-electron chi connectivity index (χ3n) is 3.24. The molecule has 0 radical (unpaired) electrons. The molecule has 114 valence electrons. The highest BCUT2D eigenvalue weighted by Crippen LogP contribution is 2.36. The Kier molecular flexibility index (Phi) is 3.67. The number of halogens is 3. The predicted octanol–water partition coefficient (Wildman–Crippen LogP) is 2.89. The summed E-state index contributed by atoms with van der Waals surface area (Å²) < 4.78 is 25.9. The minimum Gasteiger partial charge on any atom is -0.362 e. The second-order valence-electron chi connectivity index (χ2n) is 4.66. The number of nitrogens with one attached hydrogen (secondary N) is 1. The van der Waals surface area contributed by atoms with E-state index in [9.17, 15) is 13.9 Å². The second-order valence-corrected chi connectivity index (χ2v) is 5.10. The van der Waals surface area contributed by atoms with E-state index in [1.807, 2.05) is 0 Å². The molecule has 1 aromatic heterocycles. The van der Waals surface area contributed by atoms with Crippen molar-refractivity contribution in [3.63, 3.8) is 0 Å². The number of aromatic nitrogens is 2. The molecule has 22 heavy (non-hydrogen) atoms. The lowest BCUT2D eigenvalue weighted by Gasteiger charge is -2.25. The summed E-state index contributed by atoms with van der Waals surface area (Å²) in [5.74, 6) is 0. The fourth-order valence-electron chi connectivity index (χ4n) is 2.20. The summed E-state index contributed by atoms with van der Waals surface area (Å²) in [6.45, 7) is -2.73. The van der Waals surface area contributed by atoms with E-state index >= 15 is 0 Å². The molecule has 2 heterocycles. The van der Waals surface area contributed by atoms with Crippen molar-refractivity contribution in [3.8, 4) is 11.1 Å². The van der Waals surface area contributed by atoms with Crippen LogP contribution in [-0.2, 0) is 5.72 Å². The molecule has 0 bridgehead atoms. The smallest absolute Gasteiger partial charge is 0.333 e. The van der Waals surface area contributed by atoms with Gasteiger partial charge in [0, 0.05) is 28.5 Å². The van der Waals surface area contributed by atoms with Crippen LogP contribution in [-0.4, -0.2) is 21.2 Å². The van der Waals surface area contributed by atoms with Crippen molar-refractivity contribution >= 4 is 17.9 Å². The number of hydrogen-bond acceptors (Lipinski definition) is 4. The average molecular weight is 325 g/mol. The SMILES string of the molecule is OC1(c2cc(Cl)ccc2-c2cnn(C(F)F)c2)C=CNC=N1. The van der Waals surface area contributed by atoms with Crippen LogP contribution in [0.2, 0.25) is 5.02 Å². The van der Waals surface area contributed by atoms with E-state index in [0.29, 0.717) is 26.4 Å². The van der Waals surface area contributed by atoms with Crippen molar-refractivity contribution in [2.24, 2.45) is 4.99 Å². The van der Waals surface area contributed by atoms with Gasteiger partial charge in [0.05, 0.1) is 12.5 Å². The zero-order chi connectivity index (χ0) is 15.7. The number of aliphatic hydroxyl groups is 1. The molecule has 5 nitrogen and oxygen atoms in total. The molecule has 0 amide bonds. The standard InChI is InChI=1S/C14H11ClF2N4O/c15-10-1-2-11(9-6-20-21(7-9)13(16)17)12(5-10)14(22)3-4-18-8-19-14/h1-8,13,22H,(H,18,19). The van der Waals surface area contributed by atoms with E-state index in [4.69, 9.17) is 11.6 Å². The summed E-state index contributed by atoms with van der Waals surface area (Å²) >= 11 is 6.00. The molecule has 0 fully saturated rings. The van der Waals surface area contributed by atoms with Gasteiger partial charge in [-0.1, -0.05) is 17.7 Å². The van der Waals surface area contributed by atoms with Gasteiger partial charge in [-0.3, -0.25) is 0 Å². The molecule has 2 aromatic rings. The Morgan fingerprint density at radius 1 is 1.36 bits per heavy atom. The van der Waals surface area contributed by atoms with Gasteiger partial charge in [-0.2, -0.15) is 13.9 Å². The van der Waals surface area contributed by atoms with Crippen LogP contribution < -0.4 is 5.32 Å². The molecule has 0 saturated carbocycles. The molecular formula is C14H11ClF2N4O. The van der Waals surface area contributed by atoms with E-state index in [0.717, 1.165) is 0 Å². The first-order valence-corrected chi connectivity index (χ1v) is 6.70. The van der Waals surface area contributed by atoms with E-state index in [2.05, 4.69) is 15.4 Å². The molecule has 0 saturated heterocycles. The molecule has 3 rings (SSSR count). The highest BCUT2D eigenvalue weighted by atomic mass is 35.5. The fourth-order valence-corrected chi connectivity index (χ4v) is 2.37. The number of benzene rings is 1. The number of nitrogens with zero attached hydrogens (tertiary/aromatic N) is 3. The lowest BCUT2D eigenvalue weighted by Crippen LogP contribution is -2.26. The molecule has 1 atom stereocenters. The van der Waals surface area contributed by atoms with Crippen molar-refractivity contribution in [1.82, 2.24) is 15.1 Å². The van der Waals surface area contributed by atoms with Crippen LogP contribution in [0.1, 0.15) is 12.1 Å². The highest BCUT2D eigenvalue weighted by Gasteiger charge is 2.30. The van der Waals surface area contributed by atoms with Gasteiger partial charge in [0.1, 0.15) is 0 Å². The van der Waals surface area contributed by atoms with E-state index in [1.165, 1.54) is 31.0 Å². The maximum absolute atomic E-state index is 12.7. The highest BCUT2D eigenvalue weighted by molar-refractivity contribution is 6.30. The Balaban J connectivity index is 2.13. The van der Waals surface area contributed by atoms with Crippen molar-refractivity contribution in [1.29, 1.82) is 0 Å². The number of rotatable bonds is 3. The van der Waals surface area contributed by atoms with Crippen LogP contribution in [0.4, 0.5) is 8.78 Å². The van der Waals surface area contributed by atoms with Gasteiger partial charge in [0.15, 0.2) is 0 Å². The molecule has 8 heteroatoms. The summed E-state index contributed by atoms with van der Waals surface area (Å²) in [5.41, 5.74) is -0.300. The molecule has 0 spiro atoms. The summed E-state index contributed by atoms with van der Waals surface area (Å²) in [6.07, 6.45) is 6.82. The van der Waals surface area contributed by atoms with Gasteiger partial charge in [-0.15, -0.1) is 0 Å². The molecular weight excluding hydrogens is 314 g/mol. The molecule has 0 aliphatic carbocycles. The predicted molar refractivity (Wildman–Crippen MR) is 78.6 cm³/mol. The van der Waals surface area contributed by atoms with Crippen molar-refractivity contribution in [2.75, 3.05) is 0 Å². The van der Waals surface area contributed by atoms with Crippen LogP contribution in [0.15, 0.2) is 47.9 Å². The van der Waals surface area contributed by atoms with Gasteiger partial charge in [-0.05, 0) is 23.8 Å². The molecule has 1 aliphatic heterocycles. The van der Waals surface area contributed by atoms with Crippen LogP contribution in [0.3, 0.4) is 0 Å². The lowest BCUT2D eigenvalue weighted by molar-refractivity contribution is 0.0566. The monoisotopic (exact) mass is 324 g/mol. The van der Waals surface area contributed by atoms with Gasteiger partial charge < -0.3 is 10.4 Å². The first-order valence-electron chi connectivity index (χ1n) is 6.32. The summed E-state index contributed by atoms with van der Waals surface area (Å²) in [5, 5.41) is 17.4. The zero-order valence-electron chi connectivity index (χ0n) is 11.1. The maximum atomic E-state index is 12.7. The van der Waals surface area contributed by atoms with Crippen LogP contribution in [0, 0.1) is 0 Å². The minimum atomic E-state index is -2.73. The van der Waals surface area contributed by atoms with Gasteiger partial charge in [-0.25, -0.2) is 9.67 Å². The van der Waals surface area contributed by atoms with Crippen molar-refractivity contribution in [2.45, 2.75) is 12.3 Å². The third-order valence-corrected chi connectivity index (χ3v) is 3.47. The summed E-state index contributed by atoms with van der Waals surface area (Å²) in [7, 11) is 0. The first-order chi connectivity index (χ1) is 10.5. The number of hydrogen-bond donors (Lipinski definition) is 2. The summed E-state index contributed by atoms with van der Waals surface area (Å²) in [4.78, 5) is 4.00. The van der Waals surface area contributed by atoms with Crippen LogP contribution >= 0.6 is 11.6 Å². The Labute approximate surface area is 129 Å². The molecule has 2 N–H and O–H groups in total. The van der Waals surface area contributed by atoms with Gasteiger partial charge >= 0.3 is 6.55 Å². The van der Waals surface area contributed by atoms with Crippen LogP contribution in [0.5, 0.6) is 0 Å². The molecule has 1 aliphatic rings. The minimum absolute atomic E-state index is 0.378. The Morgan fingerprint density at radius 3 is 2.82 bits per heavy atom. The van der Waals surface area contributed by atoms with Crippen molar-refractivity contribution < 1.29 is 13.9 Å². The first kappa shape index (κ1) is 14.7. The van der Waals surface area contributed by atoms with E-state index in [1.54, 1.807) is 18.2 Å². The Bertz CT molecular complexity index is 745. The van der Waals surface area contributed by atoms with Gasteiger partial charge in [0.2, 0.25) is 5.72 Å². The van der Waals surface area contributed by atoms with E-state index < -0.39 is 12.3 Å². The molecule has 1 aromatic carbocycles. The number of alkyl halides is 2. The summed E-state index contributed by atoms with van der Waals surface area (Å²) in [6, 6.07) is 4.79. The quantitative estimate of drug-likeness (QED) is 0.912. The Morgan fingerprint density at radius 2 is 2.18 bits per heavy atom. The third kappa shape index (κ3) is 2.60. The lowest BCUT2D eigenvalue weighted by atomic mass is 9.93. The Hall–Kier alpha value is -2.25. The zero-order valence-corrected chi connectivity index (χ0v) is 11.9. The van der Waals surface area contributed by atoms with Crippen molar-refractivity contribution in [3.05, 3.63) is 53.5 Å². The van der Waals surface area contributed by atoms with Crippen LogP contribution in [0.25, 0.3) is 11.1 Å². The number of aliphatic imine (C=N–C) groups is 1. The van der Waals surface area contributed by atoms with E-state index in [-0.39, 0.29) is 0 Å². The largest absolute Gasteiger partial charge is 0.362 e.